The first kappa shape index (κ1) is 43.2. The molecule has 3 saturated heterocycles. The summed E-state index contributed by atoms with van der Waals surface area (Å²) in [5, 5.41) is 10.6. The molecule has 0 radical (unpaired) electrons. The largest absolute Gasteiger partial charge is 0.495 e. The lowest BCUT2D eigenvalue weighted by Gasteiger charge is -2.38. The molecular formula is C48H50F3N7O5. The highest BCUT2D eigenvalue weighted by Gasteiger charge is 2.32. The molecule has 0 spiro atoms. The van der Waals surface area contributed by atoms with E-state index in [9.17, 15) is 32.3 Å². The van der Waals surface area contributed by atoms with Gasteiger partial charge in [0.2, 0.25) is 5.91 Å². The van der Waals surface area contributed by atoms with Gasteiger partial charge < -0.3 is 25.2 Å². The van der Waals surface area contributed by atoms with Crippen LogP contribution in [0.5, 0.6) is 5.75 Å². The van der Waals surface area contributed by atoms with E-state index >= 15 is 0 Å². The summed E-state index contributed by atoms with van der Waals surface area (Å²) in [4.78, 5) is 61.9. The molecular weight excluding hydrogens is 812 g/mol. The van der Waals surface area contributed by atoms with Crippen molar-refractivity contribution in [2.45, 2.75) is 57.3 Å². The van der Waals surface area contributed by atoms with Crippen LogP contribution in [0.2, 0.25) is 0 Å². The van der Waals surface area contributed by atoms with E-state index in [1.54, 1.807) is 30.3 Å². The van der Waals surface area contributed by atoms with Gasteiger partial charge >= 0.3 is 12.2 Å². The van der Waals surface area contributed by atoms with Crippen LogP contribution < -0.4 is 25.6 Å². The molecule has 1 atom stereocenters. The third kappa shape index (κ3) is 9.93. The maximum absolute atomic E-state index is 13.6. The molecule has 1 aromatic heterocycles. The molecule has 5 amide bonds. The molecule has 5 aromatic rings. The van der Waals surface area contributed by atoms with Crippen LogP contribution in [0.1, 0.15) is 77.0 Å². The molecule has 3 aliphatic heterocycles. The zero-order valence-electron chi connectivity index (χ0n) is 35.2. The number of nitrogens with one attached hydrogen (secondary N) is 3. The lowest BCUT2D eigenvalue weighted by Crippen LogP contribution is -2.49. The number of methoxy groups -OCH3 is 1. The van der Waals surface area contributed by atoms with Crippen LogP contribution in [-0.2, 0) is 11.0 Å². The summed E-state index contributed by atoms with van der Waals surface area (Å²) in [6.07, 6.45) is -0.507. The molecule has 3 aliphatic rings. The highest BCUT2D eigenvalue weighted by Crippen LogP contribution is 2.35. The van der Waals surface area contributed by atoms with Crippen LogP contribution in [0.15, 0.2) is 97.1 Å². The van der Waals surface area contributed by atoms with Crippen molar-refractivity contribution in [2.75, 3.05) is 56.6 Å². The Morgan fingerprint density at radius 3 is 2.30 bits per heavy atom. The molecule has 4 heterocycles. The van der Waals surface area contributed by atoms with Gasteiger partial charge in [0, 0.05) is 62.9 Å². The average molecular weight is 862 g/mol. The molecule has 0 aliphatic carbocycles. The van der Waals surface area contributed by atoms with Gasteiger partial charge in [-0.05, 0) is 115 Å². The normalized spacial score (nSPS) is 17.3. The van der Waals surface area contributed by atoms with E-state index in [2.05, 4.69) is 20.9 Å². The number of benzene rings is 4. The maximum Gasteiger partial charge on any atom is 0.416 e. The highest BCUT2D eigenvalue weighted by molar-refractivity contribution is 6.07. The number of aromatic nitrogens is 1. The number of carbonyl (C=O) groups is 4. The van der Waals surface area contributed by atoms with Crippen molar-refractivity contribution in [1.82, 2.24) is 25.4 Å². The number of rotatable bonds is 11. The van der Waals surface area contributed by atoms with E-state index in [4.69, 9.17) is 9.72 Å². The van der Waals surface area contributed by atoms with E-state index in [1.807, 2.05) is 54.3 Å². The van der Waals surface area contributed by atoms with E-state index in [1.165, 1.54) is 24.1 Å². The zero-order valence-corrected chi connectivity index (χ0v) is 35.2. The molecule has 328 valence electrons. The number of piperidine rings is 2. The van der Waals surface area contributed by atoms with Crippen LogP contribution in [0.25, 0.3) is 21.9 Å². The summed E-state index contributed by atoms with van der Waals surface area (Å²) in [5.41, 5.74) is 2.86. The number of alkyl halides is 3. The van der Waals surface area contributed by atoms with Gasteiger partial charge in [-0.3, -0.25) is 24.6 Å². The van der Waals surface area contributed by atoms with E-state index in [0.717, 1.165) is 85.3 Å². The molecule has 3 fully saturated rings. The fraction of sp³-hybridized carbons (Fsp3) is 0.354. The molecule has 12 nitrogen and oxygen atoms in total. The van der Waals surface area contributed by atoms with Crippen molar-refractivity contribution < 1.29 is 37.1 Å². The molecule has 63 heavy (non-hydrogen) atoms. The first-order chi connectivity index (χ1) is 30.3. The van der Waals surface area contributed by atoms with Crippen LogP contribution in [0.4, 0.5) is 29.5 Å². The van der Waals surface area contributed by atoms with Gasteiger partial charge in [0.25, 0.3) is 11.8 Å². The summed E-state index contributed by atoms with van der Waals surface area (Å²) in [5.74, 6) is 1.01. The van der Waals surface area contributed by atoms with E-state index in [-0.39, 0.29) is 42.8 Å². The summed E-state index contributed by atoms with van der Waals surface area (Å²) in [6, 6.07) is 26.2. The first-order valence-corrected chi connectivity index (χ1v) is 21.4. The third-order valence-corrected chi connectivity index (χ3v) is 12.4. The van der Waals surface area contributed by atoms with Crippen LogP contribution in [-0.4, -0.2) is 91.0 Å². The van der Waals surface area contributed by atoms with Gasteiger partial charge in [-0.15, -0.1) is 0 Å². The van der Waals surface area contributed by atoms with Crippen molar-refractivity contribution >= 4 is 46.0 Å². The van der Waals surface area contributed by atoms with Gasteiger partial charge in [-0.25, -0.2) is 9.78 Å². The smallest absolute Gasteiger partial charge is 0.416 e. The zero-order chi connectivity index (χ0) is 44.3. The summed E-state index contributed by atoms with van der Waals surface area (Å²) < 4.78 is 44.9. The number of imide groups is 1. The molecule has 15 heteroatoms. The van der Waals surface area contributed by atoms with Gasteiger partial charge in [0.1, 0.15) is 11.6 Å². The van der Waals surface area contributed by atoms with Crippen molar-refractivity contribution in [3.05, 3.63) is 119 Å². The quantitative estimate of drug-likeness (QED) is 0.121. The van der Waals surface area contributed by atoms with Crippen molar-refractivity contribution in [3.8, 4) is 16.9 Å². The second-order valence-corrected chi connectivity index (χ2v) is 16.6. The molecule has 8 rings (SSSR count). The Kier molecular flexibility index (Phi) is 12.7. The fourth-order valence-corrected chi connectivity index (χ4v) is 8.81. The second-order valence-electron chi connectivity index (χ2n) is 16.6. The number of nitrogens with zero attached hydrogens (tertiary/aromatic N) is 4. The van der Waals surface area contributed by atoms with Gasteiger partial charge in [-0.1, -0.05) is 42.5 Å². The number of likely N-dealkylation sites (tertiary alicyclic amines) is 2. The van der Waals surface area contributed by atoms with Gasteiger partial charge in [0.15, 0.2) is 0 Å². The molecule has 0 saturated carbocycles. The van der Waals surface area contributed by atoms with Gasteiger partial charge in [0.05, 0.1) is 30.1 Å². The summed E-state index contributed by atoms with van der Waals surface area (Å²) in [7, 11) is 1.51. The SMILES string of the molecule is COc1ccc(C(=O)N2CCC(CN3CCC(Nc4cccc([C@H](C)NC(=O)c5ccc6c(-c7ccc(C(F)(F)F)cc7)cccc6c5)n4)CC3)CC2)cc1N1CCC(=O)NC1=O. The van der Waals surface area contributed by atoms with E-state index in [0.29, 0.717) is 47.1 Å². The van der Waals surface area contributed by atoms with Gasteiger partial charge in [-0.2, -0.15) is 13.2 Å². The third-order valence-electron chi connectivity index (χ3n) is 12.4. The number of carbonyl (C=O) groups excluding carboxylic acids is 4. The molecule has 4 aromatic carbocycles. The highest BCUT2D eigenvalue weighted by atomic mass is 19.4. The Labute approximate surface area is 363 Å². The van der Waals surface area contributed by atoms with Crippen molar-refractivity contribution in [2.24, 2.45) is 5.92 Å². The Hall–Kier alpha value is -6.48. The van der Waals surface area contributed by atoms with Crippen LogP contribution in [0.3, 0.4) is 0 Å². The lowest BCUT2D eigenvalue weighted by molar-refractivity contribution is -0.137. The summed E-state index contributed by atoms with van der Waals surface area (Å²) in [6.45, 7) is 6.29. The number of fused-ring (bicyclic) bond motifs is 1. The number of urea groups is 1. The number of pyridine rings is 1. The van der Waals surface area contributed by atoms with Crippen molar-refractivity contribution in [3.63, 3.8) is 0 Å². The molecule has 0 unspecified atom stereocenters. The Bertz CT molecular complexity index is 2500. The number of anilines is 2. The minimum Gasteiger partial charge on any atom is -0.495 e. The number of hydrogen-bond donors (Lipinski definition) is 3. The topological polar surface area (TPSA) is 136 Å². The standard InChI is InChI=1S/C48H50F3N7O5/c1-30(52-45(60)34-11-15-39-33(27-34)5-3-6-38(39)32-9-13-36(14-10-32)48(49,50)51)40-7-4-8-43(54-40)53-37-19-22-56(23-20-37)29-31-17-24-57(25-18-31)46(61)35-12-16-42(63-2)41(28-35)58-26-21-44(59)55-47(58)62/h3-16,27-28,30-31,37H,17-26,29H2,1-2H3,(H,52,60)(H,53,54)(H,55,59,62)/t30-/m0/s1. The number of hydrogen-bond acceptors (Lipinski definition) is 8. The Balaban J connectivity index is 0.797. The van der Waals surface area contributed by atoms with Crippen LogP contribution in [0, 0.1) is 5.92 Å². The Morgan fingerprint density at radius 2 is 1.59 bits per heavy atom. The summed E-state index contributed by atoms with van der Waals surface area (Å²) >= 11 is 0. The first-order valence-electron chi connectivity index (χ1n) is 21.4. The fourth-order valence-electron chi connectivity index (χ4n) is 8.81. The van der Waals surface area contributed by atoms with E-state index < -0.39 is 17.8 Å². The van der Waals surface area contributed by atoms with Crippen LogP contribution >= 0.6 is 0 Å². The minimum absolute atomic E-state index is 0.0881. The monoisotopic (exact) mass is 861 g/mol. The predicted molar refractivity (Wildman–Crippen MR) is 235 cm³/mol. The number of amides is 5. The lowest BCUT2D eigenvalue weighted by atomic mass is 9.94. The number of ether oxygens (including phenoxy) is 1. The predicted octanol–water partition coefficient (Wildman–Crippen LogP) is 8.30. The van der Waals surface area contributed by atoms with Crippen molar-refractivity contribution in [1.29, 1.82) is 0 Å². The molecule has 3 N–H and O–H groups in total. The maximum atomic E-state index is 13.6. The second kappa shape index (κ2) is 18.5. The average Bonchev–Trinajstić information content (AvgIpc) is 3.29. The number of halogens is 3. The molecule has 0 bridgehead atoms. The Morgan fingerprint density at radius 1 is 0.857 bits per heavy atom. The minimum atomic E-state index is -4.41.